The normalized spacial score (nSPS) is 10.4. The number of benzene rings is 2. The topological polar surface area (TPSA) is 75.6 Å². The molecule has 2 aromatic carbocycles. The summed E-state index contributed by atoms with van der Waals surface area (Å²) < 4.78 is 5.03. The van der Waals surface area contributed by atoms with Gasteiger partial charge in [0.15, 0.2) is 5.78 Å². The lowest BCUT2D eigenvalue weighted by atomic mass is 10.1. The van der Waals surface area contributed by atoms with Crippen LogP contribution in [0.3, 0.4) is 0 Å². The molecular formula is C17H15NO4. The number of aromatic carboxylic acids is 1. The smallest absolute Gasteiger partial charge is 0.337 e. The van der Waals surface area contributed by atoms with Crippen molar-refractivity contribution in [1.82, 2.24) is 0 Å². The zero-order chi connectivity index (χ0) is 15.9. The predicted octanol–water partition coefficient (Wildman–Crippen LogP) is 3.20. The first-order valence-corrected chi connectivity index (χ1v) is 6.55. The summed E-state index contributed by atoms with van der Waals surface area (Å²) in [5, 5.41) is 11.9. The molecule has 112 valence electrons. The average Bonchev–Trinajstić information content (AvgIpc) is 2.55. The summed E-state index contributed by atoms with van der Waals surface area (Å²) in [7, 11) is 1.56. The van der Waals surface area contributed by atoms with Gasteiger partial charge in [-0.1, -0.05) is 12.1 Å². The molecule has 0 aliphatic carbocycles. The number of anilines is 1. The van der Waals surface area contributed by atoms with Crippen LogP contribution >= 0.6 is 0 Å². The van der Waals surface area contributed by atoms with Crippen LogP contribution < -0.4 is 10.1 Å². The van der Waals surface area contributed by atoms with Crippen molar-refractivity contribution in [3.8, 4) is 5.75 Å². The number of hydrogen-bond acceptors (Lipinski definition) is 4. The third kappa shape index (κ3) is 3.73. The van der Waals surface area contributed by atoms with Crippen LogP contribution in [0.2, 0.25) is 0 Å². The summed E-state index contributed by atoms with van der Waals surface area (Å²) in [6.45, 7) is 0. The Labute approximate surface area is 127 Å². The van der Waals surface area contributed by atoms with Crippen LogP contribution in [0.4, 0.5) is 5.69 Å². The second kappa shape index (κ2) is 7.08. The Morgan fingerprint density at radius 1 is 1.09 bits per heavy atom. The van der Waals surface area contributed by atoms with Gasteiger partial charge in [-0.15, -0.1) is 0 Å². The summed E-state index contributed by atoms with van der Waals surface area (Å²) in [6.07, 6.45) is 2.77. The molecule has 5 nitrogen and oxygen atoms in total. The number of para-hydroxylation sites is 1. The largest absolute Gasteiger partial charge is 0.497 e. The van der Waals surface area contributed by atoms with Crippen LogP contribution in [0.25, 0.3) is 0 Å². The minimum Gasteiger partial charge on any atom is -0.497 e. The minimum absolute atomic E-state index is 0.143. The molecule has 5 heteroatoms. The van der Waals surface area contributed by atoms with Crippen LogP contribution in [-0.4, -0.2) is 24.0 Å². The number of nitrogens with one attached hydrogen (secondary N) is 1. The Kier molecular flexibility index (Phi) is 4.93. The first kappa shape index (κ1) is 15.3. The van der Waals surface area contributed by atoms with Gasteiger partial charge in [-0.3, -0.25) is 4.79 Å². The third-order valence-electron chi connectivity index (χ3n) is 3.01. The third-order valence-corrected chi connectivity index (χ3v) is 3.01. The summed E-state index contributed by atoms with van der Waals surface area (Å²) in [4.78, 5) is 23.0. The van der Waals surface area contributed by atoms with E-state index < -0.39 is 5.97 Å². The number of carbonyl (C=O) groups excluding carboxylic acids is 1. The zero-order valence-corrected chi connectivity index (χ0v) is 11.9. The predicted molar refractivity (Wildman–Crippen MR) is 83.5 cm³/mol. The minimum atomic E-state index is -1.03. The second-order valence-corrected chi connectivity index (χ2v) is 4.42. The standard InChI is InChI=1S/C17H15NO4/c1-22-13-8-6-12(7-9-13)16(19)10-11-18-15-5-3-2-4-14(15)17(20)21/h2-11,18H,1H3,(H,20,21)/b11-10-. The second-order valence-electron chi connectivity index (χ2n) is 4.42. The molecular weight excluding hydrogens is 282 g/mol. The van der Waals surface area contributed by atoms with Gasteiger partial charge in [-0.2, -0.15) is 0 Å². The van der Waals surface area contributed by atoms with Crippen LogP contribution in [-0.2, 0) is 0 Å². The molecule has 0 spiro atoms. The number of ketones is 1. The van der Waals surface area contributed by atoms with E-state index in [1.54, 1.807) is 49.6 Å². The van der Waals surface area contributed by atoms with Crippen molar-refractivity contribution >= 4 is 17.4 Å². The molecule has 0 heterocycles. The summed E-state index contributed by atoms with van der Waals surface area (Å²) in [6, 6.07) is 13.2. The van der Waals surface area contributed by atoms with Gasteiger partial charge < -0.3 is 15.2 Å². The van der Waals surface area contributed by atoms with E-state index in [-0.39, 0.29) is 11.3 Å². The molecule has 0 aliphatic rings. The molecule has 0 aliphatic heterocycles. The van der Waals surface area contributed by atoms with Crippen LogP contribution in [0.15, 0.2) is 60.8 Å². The fraction of sp³-hybridized carbons (Fsp3) is 0.0588. The molecule has 2 aromatic rings. The van der Waals surface area contributed by atoms with Gasteiger partial charge in [0.05, 0.1) is 18.4 Å². The van der Waals surface area contributed by atoms with Crippen molar-refractivity contribution < 1.29 is 19.4 Å². The van der Waals surface area contributed by atoms with Gasteiger partial charge in [0.2, 0.25) is 0 Å². The van der Waals surface area contributed by atoms with Crippen molar-refractivity contribution in [2.45, 2.75) is 0 Å². The van der Waals surface area contributed by atoms with Crippen molar-refractivity contribution in [1.29, 1.82) is 0 Å². The quantitative estimate of drug-likeness (QED) is 0.632. The monoisotopic (exact) mass is 297 g/mol. The van der Waals surface area contributed by atoms with Gasteiger partial charge in [-0.05, 0) is 36.4 Å². The number of ether oxygens (including phenoxy) is 1. The number of carbonyl (C=O) groups is 2. The number of carboxylic acid groups (broad SMARTS) is 1. The van der Waals surface area contributed by atoms with E-state index in [2.05, 4.69) is 5.32 Å². The van der Waals surface area contributed by atoms with Crippen LogP contribution in [0.5, 0.6) is 5.75 Å². The highest BCUT2D eigenvalue weighted by atomic mass is 16.5. The van der Waals surface area contributed by atoms with E-state index >= 15 is 0 Å². The molecule has 2 N–H and O–H groups in total. The molecule has 0 unspecified atom stereocenters. The fourth-order valence-electron chi connectivity index (χ4n) is 1.85. The van der Waals surface area contributed by atoms with Crippen LogP contribution in [0, 0.1) is 0 Å². The molecule has 0 saturated heterocycles. The zero-order valence-electron chi connectivity index (χ0n) is 11.9. The average molecular weight is 297 g/mol. The van der Waals surface area contributed by atoms with Crippen molar-refractivity contribution in [2.75, 3.05) is 12.4 Å². The highest BCUT2D eigenvalue weighted by molar-refractivity contribution is 6.04. The Morgan fingerprint density at radius 2 is 1.77 bits per heavy atom. The molecule has 0 atom stereocenters. The van der Waals surface area contributed by atoms with Gasteiger partial charge in [-0.25, -0.2) is 4.79 Å². The van der Waals surface area contributed by atoms with E-state index in [4.69, 9.17) is 9.84 Å². The van der Waals surface area contributed by atoms with E-state index in [0.717, 1.165) is 0 Å². The van der Waals surface area contributed by atoms with Crippen molar-refractivity contribution in [3.05, 3.63) is 71.9 Å². The lowest BCUT2D eigenvalue weighted by molar-refractivity contribution is 0.0698. The number of methoxy groups -OCH3 is 1. The van der Waals surface area contributed by atoms with Crippen molar-refractivity contribution in [2.24, 2.45) is 0 Å². The first-order valence-electron chi connectivity index (χ1n) is 6.55. The van der Waals surface area contributed by atoms with Gasteiger partial charge >= 0.3 is 5.97 Å². The van der Waals surface area contributed by atoms with E-state index in [9.17, 15) is 9.59 Å². The van der Waals surface area contributed by atoms with Gasteiger partial charge in [0.25, 0.3) is 0 Å². The van der Waals surface area contributed by atoms with Crippen LogP contribution in [0.1, 0.15) is 20.7 Å². The summed E-state index contributed by atoms with van der Waals surface area (Å²) in [5.41, 5.74) is 1.09. The Hall–Kier alpha value is -3.08. The lowest BCUT2D eigenvalue weighted by Gasteiger charge is -2.04. The SMILES string of the molecule is COc1ccc(C(=O)/C=C\Nc2ccccc2C(=O)O)cc1. The number of carboxylic acids is 1. The Balaban J connectivity index is 2.06. The van der Waals surface area contributed by atoms with E-state index in [1.807, 2.05) is 0 Å². The molecule has 0 aromatic heterocycles. The van der Waals surface area contributed by atoms with Crippen molar-refractivity contribution in [3.63, 3.8) is 0 Å². The molecule has 0 amide bonds. The number of hydrogen-bond donors (Lipinski definition) is 2. The highest BCUT2D eigenvalue weighted by Crippen LogP contribution is 2.15. The maximum atomic E-state index is 12.0. The van der Waals surface area contributed by atoms with E-state index in [0.29, 0.717) is 17.0 Å². The highest BCUT2D eigenvalue weighted by Gasteiger charge is 2.07. The Morgan fingerprint density at radius 3 is 2.41 bits per heavy atom. The molecule has 0 radical (unpaired) electrons. The van der Waals surface area contributed by atoms with Gasteiger partial charge in [0, 0.05) is 17.8 Å². The molecule has 0 bridgehead atoms. The molecule has 0 fully saturated rings. The maximum Gasteiger partial charge on any atom is 0.337 e. The molecule has 22 heavy (non-hydrogen) atoms. The van der Waals surface area contributed by atoms with E-state index in [1.165, 1.54) is 18.3 Å². The fourth-order valence-corrected chi connectivity index (χ4v) is 1.85. The maximum absolute atomic E-state index is 12.0. The molecule has 2 rings (SSSR count). The number of rotatable bonds is 6. The Bertz CT molecular complexity index is 705. The number of allylic oxidation sites excluding steroid dienone is 1. The summed E-state index contributed by atoms with van der Waals surface area (Å²) >= 11 is 0. The van der Waals surface area contributed by atoms with Gasteiger partial charge in [0.1, 0.15) is 5.75 Å². The first-order chi connectivity index (χ1) is 10.6. The lowest BCUT2D eigenvalue weighted by Crippen LogP contribution is -2.02. The molecule has 0 saturated carbocycles. The summed E-state index contributed by atoms with van der Waals surface area (Å²) in [5.74, 6) is -0.546.